The summed E-state index contributed by atoms with van der Waals surface area (Å²) in [4.78, 5) is 18.1. The summed E-state index contributed by atoms with van der Waals surface area (Å²) in [6.45, 7) is 13.8. The molecule has 0 amide bonds. The third-order valence-electron chi connectivity index (χ3n) is 3.83. The second-order valence-electron chi connectivity index (χ2n) is 8.73. The van der Waals surface area contributed by atoms with Gasteiger partial charge in [-0.05, 0) is 71.7 Å². The lowest BCUT2D eigenvalue weighted by atomic mass is 10.1. The van der Waals surface area contributed by atoms with Crippen molar-refractivity contribution in [2.24, 2.45) is 0 Å². The minimum atomic E-state index is -1.17. The fraction of sp³-hybridized carbons (Fsp3) is 0.455. The normalized spacial score (nSPS) is 13.2. The molecule has 1 atom stereocenters. The van der Waals surface area contributed by atoms with E-state index >= 15 is 0 Å². The molecule has 0 saturated carbocycles. The van der Waals surface area contributed by atoms with Gasteiger partial charge >= 0.3 is 5.97 Å². The quantitative estimate of drug-likeness (QED) is 0.645. The van der Waals surface area contributed by atoms with Crippen LogP contribution in [0.25, 0.3) is 0 Å². The Hall–Kier alpha value is -1.70. The minimum Gasteiger partial charge on any atom is -0.456 e. The maximum Gasteiger partial charge on any atom is 0.341 e. The molecule has 0 spiro atoms. The van der Waals surface area contributed by atoms with Gasteiger partial charge < -0.3 is 4.74 Å². The van der Waals surface area contributed by atoms with Crippen LogP contribution in [0.1, 0.15) is 63.0 Å². The largest absolute Gasteiger partial charge is 0.456 e. The lowest BCUT2D eigenvalue weighted by Crippen LogP contribution is -2.33. The summed E-state index contributed by atoms with van der Waals surface area (Å²) in [6, 6.07) is 9.45. The van der Waals surface area contributed by atoms with Crippen LogP contribution in [0, 0.1) is 6.92 Å². The molecule has 0 radical (unpaired) electrons. The zero-order valence-electron chi connectivity index (χ0n) is 18.2. The first-order valence-electron chi connectivity index (χ1n) is 9.48. The number of carbonyl (C=O) groups is 1. The van der Waals surface area contributed by atoms with Crippen LogP contribution < -0.4 is 4.72 Å². The number of aromatic nitrogens is 1. The molecule has 1 unspecified atom stereocenters. The van der Waals surface area contributed by atoms with Crippen molar-refractivity contribution in [3.63, 3.8) is 0 Å². The molecule has 7 heteroatoms. The van der Waals surface area contributed by atoms with Crippen LogP contribution in [0.4, 0.5) is 0 Å². The van der Waals surface area contributed by atoms with Crippen LogP contribution in [-0.4, -0.2) is 25.5 Å². The molecule has 0 aliphatic heterocycles. The first-order valence-corrected chi connectivity index (χ1v) is 11.5. The number of pyridine rings is 1. The number of ether oxygens (including phenoxy) is 1. The highest BCUT2D eigenvalue weighted by molar-refractivity contribution is 7.99. The van der Waals surface area contributed by atoms with E-state index in [-0.39, 0.29) is 4.75 Å². The van der Waals surface area contributed by atoms with Crippen LogP contribution in [0.15, 0.2) is 46.5 Å². The van der Waals surface area contributed by atoms with E-state index in [1.54, 1.807) is 18.3 Å². The highest BCUT2D eigenvalue weighted by Gasteiger charge is 2.23. The molecule has 2 rings (SSSR count). The fourth-order valence-corrected chi connectivity index (χ4v) is 4.20. The molecule has 2 aromatic rings. The van der Waals surface area contributed by atoms with E-state index in [4.69, 9.17) is 4.74 Å². The van der Waals surface area contributed by atoms with Gasteiger partial charge in [0.05, 0.1) is 21.3 Å². The summed E-state index contributed by atoms with van der Waals surface area (Å²) in [6.07, 6.45) is 1.67. The molecule has 5 nitrogen and oxygen atoms in total. The summed E-state index contributed by atoms with van der Waals surface area (Å²) in [5.41, 5.74) is 1.93. The number of hydrogen-bond donors (Lipinski definition) is 1. The minimum absolute atomic E-state index is 0.345. The number of nitrogens with zero attached hydrogens (tertiary/aromatic N) is 1. The predicted molar refractivity (Wildman–Crippen MR) is 119 cm³/mol. The van der Waals surface area contributed by atoms with Gasteiger partial charge in [-0.3, -0.25) is 0 Å². The Morgan fingerprint density at radius 3 is 2.45 bits per heavy atom. The molecular weight excluding hydrogens is 404 g/mol. The van der Waals surface area contributed by atoms with Gasteiger partial charge in [0, 0.05) is 17.6 Å². The molecule has 0 aliphatic rings. The highest BCUT2D eigenvalue weighted by Crippen LogP contribution is 2.34. The standard InChI is InChI=1S/C22H30N2O3S2/c1-15-10-8-11-16(14-24-29(26)22(5,6)7)18(15)28-19-17(12-9-13-23-19)20(25)27-21(2,3)4/h8-13,24H,14H2,1-7H3. The van der Waals surface area contributed by atoms with E-state index in [0.717, 1.165) is 16.0 Å². The second kappa shape index (κ2) is 9.41. The van der Waals surface area contributed by atoms with E-state index in [2.05, 4.69) is 9.71 Å². The SMILES string of the molecule is Cc1cccc(CNS(=O)C(C)(C)C)c1Sc1ncccc1C(=O)OC(C)(C)C. The van der Waals surface area contributed by atoms with Gasteiger partial charge in [-0.15, -0.1) is 0 Å². The summed E-state index contributed by atoms with van der Waals surface area (Å²) in [5, 5.41) is 0.592. The molecule has 0 bridgehead atoms. The van der Waals surface area contributed by atoms with Crippen molar-refractivity contribution in [1.82, 2.24) is 9.71 Å². The van der Waals surface area contributed by atoms with Gasteiger partial charge in [0.1, 0.15) is 10.6 Å². The van der Waals surface area contributed by atoms with Gasteiger partial charge in [-0.1, -0.05) is 30.0 Å². The van der Waals surface area contributed by atoms with Gasteiger partial charge in [-0.2, -0.15) is 0 Å². The first-order chi connectivity index (χ1) is 13.4. The third-order valence-corrected chi connectivity index (χ3v) is 6.66. The zero-order valence-corrected chi connectivity index (χ0v) is 19.8. The first kappa shape index (κ1) is 23.6. The highest BCUT2D eigenvalue weighted by atomic mass is 32.2. The van der Waals surface area contributed by atoms with Crippen molar-refractivity contribution in [2.45, 2.75) is 75.3 Å². The molecule has 1 aromatic heterocycles. The molecule has 29 heavy (non-hydrogen) atoms. The molecule has 1 heterocycles. The zero-order chi connectivity index (χ0) is 21.8. The molecule has 1 N–H and O–H groups in total. The second-order valence-corrected chi connectivity index (χ2v) is 11.8. The summed E-state index contributed by atoms with van der Waals surface area (Å²) < 4.78 is 20.7. The van der Waals surface area contributed by atoms with E-state index in [0.29, 0.717) is 17.1 Å². The number of rotatable bonds is 6. The van der Waals surface area contributed by atoms with Crippen LogP contribution in [-0.2, 0) is 22.3 Å². The van der Waals surface area contributed by atoms with E-state index < -0.39 is 22.6 Å². The Balaban J connectivity index is 2.31. The molecule has 0 fully saturated rings. The Bertz CT molecular complexity index is 900. The van der Waals surface area contributed by atoms with Crippen molar-refractivity contribution in [2.75, 3.05) is 0 Å². The number of aryl methyl sites for hydroxylation is 1. The summed E-state index contributed by atoms with van der Waals surface area (Å²) >= 11 is 1.43. The number of carbonyl (C=O) groups excluding carboxylic acids is 1. The number of hydrogen-bond acceptors (Lipinski definition) is 5. The smallest absolute Gasteiger partial charge is 0.341 e. The lowest BCUT2D eigenvalue weighted by molar-refractivity contribution is 0.00646. The molecule has 1 aromatic carbocycles. The number of esters is 1. The van der Waals surface area contributed by atoms with E-state index in [1.807, 2.05) is 66.7 Å². The molecule has 158 valence electrons. The third kappa shape index (κ3) is 6.94. The molecular formula is C22H30N2O3S2. The van der Waals surface area contributed by atoms with Gasteiger partial charge in [0.15, 0.2) is 0 Å². The van der Waals surface area contributed by atoms with Crippen molar-refractivity contribution in [3.8, 4) is 0 Å². The van der Waals surface area contributed by atoms with Crippen LogP contribution >= 0.6 is 11.8 Å². The predicted octanol–water partition coefficient (Wildman–Crippen LogP) is 5.05. The van der Waals surface area contributed by atoms with Crippen molar-refractivity contribution >= 4 is 28.7 Å². The van der Waals surface area contributed by atoms with Crippen LogP contribution in [0.3, 0.4) is 0 Å². The maximum absolute atomic E-state index is 12.6. The Morgan fingerprint density at radius 1 is 1.14 bits per heavy atom. The van der Waals surface area contributed by atoms with E-state index in [9.17, 15) is 9.00 Å². The fourth-order valence-electron chi connectivity index (χ4n) is 2.42. The van der Waals surface area contributed by atoms with Crippen molar-refractivity contribution in [1.29, 1.82) is 0 Å². The van der Waals surface area contributed by atoms with Crippen molar-refractivity contribution in [3.05, 3.63) is 53.2 Å². The van der Waals surface area contributed by atoms with Crippen molar-refractivity contribution < 1.29 is 13.7 Å². The monoisotopic (exact) mass is 434 g/mol. The lowest BCUT2D eigenvalue weighted by Gasteiger charge is -2.21. The average Bonchev–Trinajstić information content (AvgIpc) is 2.60. The maximum atomic E-state index is 12.6. The average molecular weight is 435 g/mol. The van der Waals surface area contributed by atoms with E-state index in [1.165, 1.54) is 11.8 Å². The summed E-state index contributed by atoms with van der Waals surface area (Å²) in [5.74, 6) is -0.393. The number of nitrogens with one attached hydrogen (secondary N) is 1. The van der Waals surface area contributed by atoms with Gasteiger partial charge in [0.2, 0.25) is 0 Å². The topological polar surface area (TPSA) is 68.3 Å². The van der Waals surface area contributed by atoms with Crippen LogP contribution in [0.2, 0.25) is 0 Å². The number of benzene rings is 1. The molecule has 0 aliphatic carbocycles. The Kier molecular flexibility index (Phi) is 7.65. The Morgan fingerprint density at radius 2 is 1.83 bits per heavy atom. The van der Waals surface area contributed by atoms with Gasteiger partial charge in [0.25, 0.3) is 0 Å². The van der Waals surface area contributed by atoms with Gasteiger partial charge in [-0.25, -0.2) is 18.7 Å². The molecule has 0 saturated heterocycles. The van der Waals surface area contributed by atoms with Crippen LogP contribution in [0.5, 0.6) is 0 Å². The summed E-state index contributed by atoms with van der Waals surface area (Å²) in [7, 11) is -1.17. The Labute approximate surface area is 180 Å².